The van der Waals surface area contributed by atoms with E-state index >= 15 is 0 Å². The summed E-state index contributed by atoms with van der Waals surface area (Å²) in [5.74, 6) is -0.236. The summed E-state index contributed by atoms with van der Waals surface area (Å²) in [5, 5.41) is 8.03. The van der Waals surface area contributed by atoms with E-state index in [0.29, 0.717) is 30.3 Å². The summed E-state index contributed by atoms with van der Waals surface area (Å²) in [7, 11) is 0. The van der Waals surface area contributed by atoms with Crippen LogP contribution in [-0.2, 0) is 0 Å². The number of aromatic nitrogens is 3. The van der Waals surface area contributed by atoms with Crippen LogP contribution >= 0.6 is 0 Å². The molecule has 2 aromatic rings. The molecule has 1 unspecified atom stereocenters. The van der Waals surface area contributed by atoms with E-state index < -0.39 is 5.82 Å². The second kappa shape index (κ2) is 6.45. The molecule has 1 amide bonds. The first kappa shape index (κ1) is 15.6. The SMILES string of the molecule is C[C@@H]1CCCN(C(=O)c2ccc(F)cc2-n2nccn2)C1CN. The van der Waals surface area contributed by atoms with Gasteiger partial charge in [-0.15, -0.1) is 0 Å². The van der Waals surface area contributed by atoms with Gasteiger partial charge >= 0.3 is 0 Å². The lowest BCUT2D eigenvalue weighted by Crippen LogP contribution is -2.51. The molecule has 2 N–H and O–H groups in total. The van der Waals surface area contributed by atoms with Crippen LogP contribution in [0.25, 0.3) is 5.69 Å². The zero-order valence-corrected chi connectivity index (χ0v) is 13.0. The number of nitrogens with zero attached hydrogens (tertiary/aromatic N) is 4. The monoisotopic (exact) mass is 317 g/mol. The first-order valence-corrected chi connectivity index (χ1v) is 7.79. The smallest absolute Gasteiger partial charge is 0.256 e. The molecule has 2 heterocycles. The fourth-order valence-corrected chi connectivity index (χ4v) is 3.21. The molecule has 1 aliphatic rings. The quantitative estimate of drug-likeness (QED) is 0.933. The van der Waals surface area contributed by atoms with Gasteiger partial charge in [0.1, 0.15) is 11.5 Å². The van der Waals surface area contributed by atoms with Crippen molar-refractivity contribution in [3.63, 3.8) is 0 Å². The first-order chi connectivity index (χ1) is 11.1. The van der Waals surface area contributed by atoms with Crippen LogP contribution in [0, 0.1) is 11.7 Å². The van der Waals surface area contributed by atoms with Crippen molar-refractivity contribution in [3.05, 3.63) is 42.0 Å². The highest BCUT2D eigenvalue weighted by Crippen LogP contribution is 2.26. The van der Waals surface area contributed by atoms with E-state index in [-0.39, 0.29) is 11.9 Å². The number of halogens is 1. The largest absolute Gasteiger partial charge is 0.334 e. The Labute approximate surface area is 134 Å². The van der Waals surface area contributed by atoms with Gasteiger partial charge in [0.05, 0.1) is 18.0 Å². The Morgan fingerprint density at radius 1 is 1.39 bits per heavy atom. The number of carbonyl (C=O) groups excluding carboxylic acids is 1. The van der Waals surface area contributed by atoms with Crippen molar-refractivity contribution in [3.8, 4) is 5.69 Å². The van der Waals surface area contributed by atoms with Crippen LogP contribution in [0.15, 0.2) is 30.6 Å². The highest BCUT2D eigenvalue weighted by atomic mass is 19.1. The lowest BCUT2D eigenvalue weighted by Gasteiger charge is -2.39. The lowest BCUT2D eigenvalue weighted by molar-refractivity contribution is 0.0532. The Morgan fingerprint density at radius 2 is 2.13 bits per heavy atom. The number of carbonyl (C=O) groups is 1. The maximum atomic E-state index is 13.6. The van der Waals surface area contributed by atoms with E-state index in [0.717, 1.165) is 12.8 Å². The van der Waals surface area contributed by atoms with E-state index in [2.05, 4.69) is 17.1 Å². The van der Waals surface area contributed by atoms with Crippen LogP contribution in [0.2, 0.25) is 0 Å². The number of nitrogens with two attached hydrogens (primary N) is 1. The number of benzene rings is 1. The minimum atomic E-state index is -0.434. The van der Waals surface area contributed by atoms with E-state index in [1.165, 1.54) is 35.4 Å². The van der Waals surface area contributed by atoms with Gasteiger partial charge in [-0.05, 0) is 30.9 Å². The van der Waals surface area contributed by atoms with Crippen LogP contribution in [0.4, 0.5) is 4.39 Å². The highest BCUT2D eigenvalue weighted by Gasteiger charge is 2.32. The molecule has 6 nitrogen and oxygen atoms in total. The van der Waals surface area contributed by atoms with Crippen molar-refractivity contribution in [2.75, 3.05) is 13.1 Å². The minimum Gasteiger partial charge on any atom is -0.334 e. The van der Waals surface area contributed by atoms with Crippen LogP contribution in [0.1, 0.15) is 30.1 Å². The Bertz CT molecular complexity index is 688. The van der Waals surface area contributed by atoms with Crippen LogP contribution < -0.4 is 5.73 Å². The fourth-order valence-electron chi connectivity index (χ4n) is 3.21. The minimum absolute atomic E-state index is 0.000247. The van der Waals surface area contributed by atoms with Gasteiger partial charge in [0.15, 0.2) is 0 Å². The average molecular weight is 317 g/mol. The van der Waals surface area contributed by atoms with E-state index in [4.69, 9.17) is 5.73 Å². The summed E-state index contributed by atoms with van der Waals surface area (Å²) in [6.45, 7) is 3.19. The Hall–Kier alpha value is -2.28. The van der Waals surface area contributed by atoms with Gasteiger partial charge in [-0.3, -0.25) is 4.79 Å². The zero-order chi connectivity index (χ0) is 16.4. The third-order valence-electron chi connectivity index (χ3n) is 4.44. The molecule has 2 atom stereocenters. The van der Waals surface area contributed by atoms with Crippen molar-refractivity contribution in [1.29, 1.82) is 0 Å². The molecule has 3 rings (SSSR count). The number of hydrogen-bond donors (Lipinski definition) is 1. The summed E-state index contributed by atoms with van der Waals surface area (Å²) in [6.07, 6.45) is 4.98. The van der Waals surface area contributed by atoms with Crippen LogP contribution in [0.5, 0.6) is 0 Å². The second-order valence-electron chi connectivity index (χ2n) is 5.90. The van der Waals surface area contributed by atoms with Gasteiger partial charge in [-0.2, -0.15) is 15.0 Å². The van der Waals surface area contributed by atoms with Crippen molar-refractivity contribution >= 4 is 5.91 Å². The van der Waals surface area contributed by atoms with Gasteiger partial charge < -0.3 is 10.6 Å². The maximum Gasteiger partial charge on any atom is 0.256 e. The molecular formula is C16H20FN5O. The van der Waals surface area contributed by atoms with E-state index in [1.807, 2.05) is 0 Å². The number of piperidine rings is 1. The molecule has 1 aromatic heterocycles. The van der Waals surface area contributed by atoms with Gasteiger partial charge in [-0.25, -0.2) is 4.39 Å². The molecule has 0 aliphatic carbocycles. The molecule has 1 fully saturated rings. The van der Waals surface area contributed by atoms with Gasteiger partial charge in [0.25, 0.3) is 5.91 Å². The molecule has 0 bridgehead atoms. The maximum absolute atomic E-state index is 13.6. The molecule has 122 valence electrons. The molecule has 1 aliphatic heterocycles. The number of amides is 1. The summed E-state index contributed by atoms with van der Waals surface area (Å²) in [4.78, 5) is 16.1. The molecule has 1 saturated heterocycles. The van der Waals surface area contributed by atoms with Crippen LogP contribution in [-0.4, -0.2) is 44.9 Å². The van der Waals surface area contributed by atoms with Crippen LogP contribution in [0.3, 0.4) is 0 Å². The lowest BCUT2D eigenvalue weighted by atomic mass is 9.90. The third-order valence-corrected chi connectivity index (χ3v) is 4.44. The fraction of sp³-hybridized carbons (Fsp3) is 0.438. The predicted molar refractivity (Wildman–Crippen MR) is 83.6 cm³/mol. The summed E-state index contributed by atoms with van der Waals surface area (Å²) < 4.78 is 13.6. The van der Waals surface area contributed by atoms with Gasteiger partial charge in [0.2, 0.25) is 0 Å². The molecule has 23 heavy (non-hydrogen) atoms. The van der Waals surface area contributed by atoms with Gasteiger partial charge in [-0.1, -0.05) is 6.92 Å². The normalized spacial score (nSPS) is 21.4. The third kappa shape index (κ3) is 2.96. The number of hydrogen-bond acceptors (Lipinski definition) is 4. The molecule has 0 saturated carbocycles. The molecule has 0 spiro atoms. The molecule has 1 aromatic carbocycles. The van der Waals surface area contributed by atoms with Crippen molar-refractivity contribution < 1.29 is 9.18 Å². The highest BCUT2D eigenvalue weighted by molar-refractivity contribution is 5.98. The van der Waals surface area contributed by atoms with E-state index in [9.17, 15) is 9.18 Å². The molecule has 7 heteroatoms. The van der Waals surface area contributed by atoms with Crippen molar-refractivity contribution in [1.82, 2.24) is 19.9 Å². The Balaban J connectivity index is 1.99. The summed E-state index contributed by atoms with van der Waals surface area (Å²) in [5.41, 5.74) is 6.60. The molecular weight excluding hydrogens is 297 g/mol. The summed E-state index contributed by atoms with van der Waals surface area (Å²) in [6, 6.07) is 4.05. The number of rotatable bonds is 3. The topological polar surface area (TPSA) is 77.0 Å². The van der Waals surface area contributed by atoms with Crippen molar-refractivity contribution in [2.45, 2.75) is 25.8 Å². The Kier molecular flexibility index (Phi) is 4.38. The predicted octanol–water partition coefficient (Wildman–Crippen LogP) is 1.61. The van der Waals surface area contributed by atoms with Crippen molar-refractivity contribution in [2.24, 2.45) is 11.7 Å². The van der Waals surface area contributed by atoms with Gasteiger partial charge in [0, 0.05) is 25.2 Å². The standard InChI is InChI=1S/C16H20FN5O/c1-11-3-2-8-21(15(11)10-18)16(23)13-5-4-12(17)9-14(13)22-19-6-7-20-22/h4-7,9,11,15H,2-3,8,10,18H2,1H3/t11-,15?/m1/s1. The zero-order valence-electron chi connectivity index (χ0n) is 13.0. The molecule has 0 radical (unpaired) electrons. The summed E-state index contributed by atoms with van der Waals surface area (Å²) >= 11 is 0. The first-order valence-electron chi connectivity index (χ1n) is 7.79. The Morgan fingerprint density at radius 3 is 2.83 bits per heavy atom. The number of likely N-dealkylation sites (tertiary alicyclic amines) is 1. The second-order valence-corrected chi connectivity index (χ2v) is 5.90. The average Bonchev–Trinajstić information content (AvgIpc) is 3.08. The van der Waals surface area contributed by atoms with E-state index in [1.54, 1.807) is 4.90 Å².